The minimum atomic E-state index is -0.0769. The molecule has 0 spiro atoms. The number of nitrogens with zero attached hydrogens (tertiary/aromatic N) is 3. The third-order valence-electron chi connectivity index (χ3n) is 5.03. The van der Waals surface area contributed by atoms with Crippen molar-refractivity contribution in [1.82, 2.24) is 19.7 Å². The number of para-hydroxylation sites is 1. The first-order valence-electron chi connectivity index (χ1n) is 9.56. The molecule has 0 aliphatic rings. The highest BCUT2D eigenvalue weighted by molar-refractivity contribution is 7.99. The molecule has 7 heteroatoms. The number of benzene rings is 3. The van der Waals surface area contributed by atoms with Crippen LogP contribution in [0.5, 0.6) is 0 Å². The van der Waals surface area contributed by atoms with E-state index < -0.39 is 0 Å². The summed E-state index contributed by atoms with van der Waals surface area (Å²) in [5.41, 5.74) is 2.84. The van der Waals surface area contributed by atoms with Crippen molar-refractivity contribution < 1.29 is 4.79 Å². The molecule has 30 heavy (non-hydrogen) atoms. The van der Waals surface area contributed by atoms with E-state index >= 15 is 0 Å². The second kappa shape index (κ2) is 7.68. The first-order chi connectivity index (χ1) is 14.7. The van der Waals surface area contributed by atoms with Gasteiger partial charge in [-0.25, -0.2) is 0 Å². The standard InChI is InChI=1S/C23H19N5OS/c1-28-22(19-13-24-20-9-5-4-8-18(19)20)26-27-23(28)30-14-21(29)25-17-11-10-15-6-2-3-7-16(15)12-17/h2-13,24H,14H2,1H3,(H,25,29). The summed E-state index contributed by atoms with van der Waals surface area (Å²) in [6.07, 6.45) is 1.94. The number of H-pyrrole nitrogens is 1. The summed E-state index contributed by atoms with van der Waals surface area (Å²) in [6, 6.07) is 22.1. The quantitative estimate of drug-likeness (QED) is 0.404. The zero-order chi connectivity index (χ0) is 20.5. The number of amides is 1. The molecule has 0 aliphatic carbocycles. The van der Waals surface area contributed by atoms with Gasteiger partial charge in [0.1, 0.15) is 0 Å². The summed E-state index contributed by atoms with van der Waals surface area (Å²) in [6.45, 7) is 0. The average Bonchev–Trinajstić information content (AvgIpc) is 3.35. The van der Waals surface area contributed by atoms with Gasteiger partial charge in [-0.3, -0.25) is 4.79 Å². The van der Waals surface area contributed by atoms with Gasteiger partial charge in [0, 0.05) is 35.4 Å². The van der Waals surface area contributed by atoms with Crippen molar-refractivity contribution in [1.29, 1.82) is 0 Å². The molecule has 3 aromatic carbocycles. The third-order valence-corrected chi connectivity index (χ3v) is 6.05. The maximum absolute atomic E-state index is 12.4. The van der Waals surface area contributed by atoms with Crippen molar-refractivity contribution in [3.8, 4) is 11.4 Å². The number of anilines is 1. The molecule has 5 aromatic rings. The lowest BCUT2D eigenvalue weighted by Gasteiger charge is -2.07. The highest BCUT2D eigenvalue weighted by Gasteiger charge is 2.16. The molecule has 0 fully saturated rings. The van der Waals surface area contributed by atoms with Gasteiger partial charge in [0.05, 0.1) is 5.75 Å². The van der Waals surface area contributed by atoms with Crippen LogP contribution in [-0.4, -0.2) is 31.4 Å². The van der Waals surface area contributed by atoms with Crippen LogP contribution in [0.1, 0.15) is 0 Å². The Morgan fingerprint density at radius 3 is 2.73 bits per heavy atom. The monoisotopic (exact) mass is 413 g/mol. The number of carbonyl (C=O) groups excluding carboxylic acids is 1. The number of thioether (sulfide) groups is 1. The molecule has 0 saturated carbocycles. The highest BCUT2D eigenvalue weighted by Crippen LogP contribution is 2.29. The first-order valence-corrected chi connectivity index (χ1v) is 10.5. The molecule has 0 atom stereocenters. The molecule has 5 rings (SSSR count). The predicted molar refractivity (Wildman–Crippen MR) is 122 cm³/mol. The van der Waals surface area contributed by atoms with Crippen molar-refractivity contribution in [3.63, 3.8) is 0 Å². The topological polar surface area (TPSA) is 75.6 Å². The Hall–Kier alpha value is -3.58. The fourth-order valence-electron chi connectivity index (χ4n) is 3.53. The second-order valence-corrected chi connectivity index (χ2v) is 7.95. The van der Waals surface area contributed by atoms with Crippen LogP contribution in [0, 0.1) is 0 Å². The van der Waals surface area contributed by atoms with Crippen LogP contribution in [0.15, 0.2) is 78.1 Å². The van der Waals surface area contributed by atoms with Crippen molar-refractivity contribution in [2.24, 2.45) is 7.05 Å². The van der Waals surface area contributed by atoms with Gasteiger partial charge in [-0.1, -0.05) is 60.3 Å². The number of rotatable bonds is 5. The summed E-state index contributed by atoms with van der Waals surface area (Å²) < 4.78 is 1.92. The van der Waals surface area contributed by atoms with Crippen LogP contribution in [0.4, 0.5) is 5.69 Å². The Labute approximate surface area is 177 Å². The van der Waals surface area contributed by atoms with E-state index in [1.165, 1.54) is 11.8 Å². The number of aromatic nitrogens is 4. The largest absolute Gasteiger partial charge is 0.360 e. The number of carbonyl (C=O) groups is 1. The second-order valence-electron chi connectivity index (χ2n) is 7.01. The van der Waals surface area contributed by atoms with E-state index in [1.54, 1.807) is 0 Å². The van der Waals surface area contributed by atoms with Crippen LogP contribution in [0.2, 0.25) is 0 Å². The lowest BCUT2D eigenvalue weighted by Crippen LogP contribution is -2.14. The molecule has 0 bridgehead atoms. The summed E-state index contributed by atoms with van der Waals surface area (Å²) >= 11 is 1.37. The summed E-state index contributed by atoms with van der Waals surface area (Å²) in [7, 11) is 1.92. The van der Waals surface area contributed by atoms with Gasteiger partial charge in [-0.05, 0) is 29.0 Å². The van der Waals surface area contributed by atoms with Crippen LogP contribution < -0.4 is 5.32 Å². The number of aromatic amines is 1. The summed E-state index contributed by atoms with van der Waals surface area (Å²) in [5, 5.41) is 15.6. The zero-order valence-corrected chi connectivity index (χ0v) is 17.1. The van der Waals surface area contributed by atoms with Gasteiger partial charge >= 0.3 is 0 Å². The van der Waals surface area contributed by atoms with Gasteiger partial charge in [-0.15, -0.1) is 10.2 Å². The smallest absolute Gasteiger partial charge is 0.234 e. The molecule has 148 valence electrons. The van der Waals surface area contributed by atoms with Gasteiger partial charge in [0.15, 0.2) is 11.0 Å². The Kier molecular flexibility index (Phi) is 4.72. The maximum atomic E-state index is 12.4. The zero-order valence-electron chi connectivity index (χ0n) is 16.3. The SMILES string of the molecule is Cn1c(SCC(=O)Nc2ccc3ccccc3c2)nnc1-c1c[nH]c2ccccc12. The van der Waals surface area contributed by atoms with E-state index in [4.69, 9.17) is 0 Å². The first kappa shape index (κ1) is 18.4. The van der Waals surface area contributed by atoms with Gasteiger partial charge < -0.3 is 14.9 Å². The molecule has 0 aliphatic heterocycles. The Morgan fingerprint density at radius 2 is 1.83 bits per heavy atom. The van der Waals surface area contributed by atoms with Gasteiger partial charge in [0.25, 0.3) is 0 Å². The lowest BCUT2D eigenvalue weighted by atomic mass is 10.1. The molecule has 2 N–H and O–H groups in total. The maximum Gasteiger partial charge on any atom is 0.234 e. The van der Waals surface area contributed by atoms with E-state index in [0.717, 1.165) is 38.8 Å². The number of fused-ring (bicyclic) bond motifs is 2. The molecule has 0 saturated heterocycles. The van der Waals surface area contributed by atoms with E-state index in [2.05, 4.69) is 32.6 Å². The van der Waals surface area contributed by atoms with Crippen LogP contribution in [-0.2, 0) is 11.8 Å². The third kappa shape index (κ3) is 3.44. The fraction of sp³-hybridized carbons (Fsp3) is 0.0870. The van der Waals surface area contributed by atoms with Crippen LogP contribution in [0.25, 0.3) is 33.1 Å². The Balaban J connectivity index is 1.29. The van der Waals surface area contributed by atoms with Crippen molar-refractivity contribution >= 4 is 45.0 Å². The van der Waals surface area contributed by atoms with E-state index in [1.807, 2.05) is 72.4 Å². The molecule has 6 nitrogen and oxygen atoms in total. The number of hydrogen-bond acceptors (Lipinski definition) is 4. The Bertz CT molecular complexity index is 1370. The Morgan fingerprint density at radius 1 is 1.03 bits per heavy atom. The van der Waals surface area contributed by atoms with E-state index in [0.29, 0.717) is 5.16 Å². The molecule has 2 heterocycles. The molecule has 0 unspecified atom stereocenters. The van der Waals surface area contributed by atoms with Gasteiger partial charge in [-0.2, -0.15) is 0 Å². The van der Waals surface area contributed by atoms with Crippen LogP contribution in [0.3, 0.4) is 0 Å². The van der Waals surface area contributed by atoms with Crippen molar-refractivity contribution in [2.75, 3.05) is 11.1 Å². The predicted octanol–water partition coefficient (Wildman–Crippen LogP) is 4.85. The van der Waals surface area contributed by atoms with Crippen LogP contribution >= 0.6 is 11.8 Å². The van der Waals surface area contributed by atoms with E-state index in [9.17, 15) is 4.79 Å². The van der Waals surface area contributed by atoms with Gasteiger partial charge in [0.2, 0.25) is 5.91 Å². The summed E-state index contributed by atoms with van der Waals surface area (Å²) in [5.74, 6) is 0.948. The molecule has 2 aromatic heterocycles. The van der Waals surface area contributed by atoms with Crippen molar-refractivity contribution in [3.05, 3.63) is 72.9 Å². The molecule has 0 radical (unpaired) electrons. The average molecular weight is 414 g/mol. The molecular formula is C23H19N5OS. The number of nitrogens with one attached hydrogen (secondary N) is 2. The van der Waals surface area contributed by atoms with Crippen molar-refractivity contribution in [2.45, 2.75) is 5.16 Å². The highest BCUT2D eigenvalue weighted by atomic mass is 32.2. The van der Waals surface area contributed by atoms with E-state index in [-0.39, 0.29) is 11.7 Å². The summed E-state index contributed by atoms with van der Waals surface area (Å²) in [4.78, 5) is 15.7. The molecule has 1 amide bonds. The number of hydrogen-bond donors (Lipinski definition) is 2. The minimum absolute atomic E-state index is 0.0769. The molecular weight excluding hydrogens is 394 g/mol. The normalized spacial score (nSPS) is 11.2. The lowest BCUT2D eigenvalue weighted by molar-refractivity contribution is -0.113. The minimum Gasteiger partial charge on any atom is -0.360 e. The fourth-order valence-corrected chi connectivity index (χ4v) is 4.24.